The maximum atomic E-state index is 12.6. The second-order valence-electron chi connectivity index (χ2n) is 4.62. The van der Waals surface area contributed by atoms with Crippen molar-refractivity contribution < 1.29 is 18.0 Å². The number of nitrogens with one attached hydrogen (secondary N) is 1. The molecule has 19 heavy (non-hydrogen) atoms. The van der Waals surface area contributed by atoms with E-state index in [1.807, 2.05) is 30.3 Å². The number of carbonyl (C=O) groups excluding carboxylic acids is 1. The molecule has 1 aliphatic carbocycles. The van der Waals surface area contributed by atoms with Crippen LogP contribution in [0.5, 0.6) is 0 Å². The van der Waals surface area contributed by atoms with E-state index in [1.54, 1.807) is 0 Å². The van der Waals surface area contributed by atoms with Crippen LogP contribution in [0.4, 0.5) is 13.2 Å². The summed E-state index contributed by atoms with van der Waals surface area (Å²) < 4.78 is 37.9. The summed E-state index contributed by atoms with van der Waals surface area (Å²) in [4.78, 5) is 11.3. The summed E-state index contributed by atoms with van der Waals surface area (Å²) in [6.45, 7) is 0.421. The average Bonchev–Trinajstić information content (AvgIpc) is 2.36. The molecule has 2 nitrogen and oxygen atoms in total. The summed E-state index contributed by atoms with van der Waals surface area (Å²) in [5.41, 5.74) is 1.33. The maximum absolute atomic E-state index is 12.6. The van der Waals surface area contributed by atoms with Gasteiger partial charge in [0.15, 0.2) is 5.78 Å². The van der Waals surface area contributed by atoms with Gasteiger partial charge in [0.1, 0.15) is 0 Å². The minimum atomic E-state index is -4.32. The lowest BCUT2D eigenvalue weighted by Crippen LogP contribution is -2.31. The fraction of sp³-hybridized carbons (Fsp3) is 0.357. The van der Waals surface area contributed by atoms with E-state index in [2.05, 4.69) is 5.32 Å². The smallest absolute Gasteiger partial charge is 0.384 e. The van der Waals surface area contributed by atoms with Gasteiger partial charge in [-0.15, -0.1) is 0 Å². The Bertz CT molecular complexity index is 479. The maximum Gasteiger partial charge on any atom is 0.392 e. The molecule has 0 radical (unpaired) electrons. The molecule has 0 bridgehead atoms. The molecule has 0 amide bonds. The van der Waals surface area contributed by atoms with Crippen LogP contribution in [0.3, 0.4) is 0 Å². The van der Waals surface area contributed by atoms with E-state index in [1.165, 1.54) is 6.08 Å². The molecule has 0 saturated carbocycles. The molecule has 5 heteroatoms. The summed E-state index contributed by atoms with van der Waals surface area (Å²) in [6.07, 6.45) is -3.63. The minimum Gasteiger partial charge on any atom is -0.384 e. The zero-order valence-corrected chi connectivity index (χ0v) is 10.2. The average molecular weight is 269 g/mol. The van der Waals surface area contributed by atoms with Gasteiger partial charge in [-0.25, -0.2) is 0 Å². The Balaban J connectivity index is 1.98. The highest BCUT2D eigenvalue weighted by Crippen LogP contribution is 2.35. The number of benzene rings is 1. The third-order valence-corrected chi connectivity index (χ3v) is 3.07. The van der Waals surface area contributed by atoms with Gasteiger partial charge in [0.05, 0.1) is 5.92 Å². The Kier molecular flexibility index (Phi) is 3.93. The SMILES string of the molecule is O=C1C=C(NCc2ccccc2)CC(C(F)(F)F)C1. The van der Waals surface area contributed by atoms with Gasteiger partial charge in [-0.3, -0.25) is 4.79 Å². The van der Waals surface area contributed by atoms with Gasteiger partial charge in [-0.1, -0.05) is 30.3 Å². The van der Waals surface area contributed by atoms with E-state index < -0.39 is 24.3 Å². The molecule has 0 fully saturated rings. The van der Waals surface area contributed by atoms with Crippen LogP contribution in [-0.4, -0.2) is 12.0 Å². The Morgan fingerprint density at radius 2 is 1.84 bits per heavy atom. The molecule has 1 unspecified atom stereocenters. The van der Waals surface area contributed by atoms with Crippen molar-refractivity contribution in [2.24, 2.45) is 5.92 Å². The first kappa shape index (κ1) is 13.6. The molecule has 1 aromatic carbocycles. The highest BCUT2D eigenvalue weighted by Gasteiger charge is 2.42. The van der Waals surface area contributed by atoms with Crippen molar-refractivity contribution in [1.29, 1.82) is 0 Å². The van der Waals surface area contributed by atoms with Gasteiger partial charge in [-0.05, 0) is 12.0 Å². The lowest BCUT2D eigenvalue weighted by Gasteiger charge is -2.25. The normalized spacial score (nSPS) is 20.1. The van der Waals surface area contributed by atoms with Crippen LogP contribution in [-0.2, 0) is 11.3 Å². The van der Waals surface area contributed by atoms with Crippen LogP contribution in [0.2, 0.25) is 0 Å². The van der Waals surface area contributed by atoms with Crippen molar-refractivity contribution >= 4 is 5.78 Å². The van der Waals surface area contributed by atoms with E-state index in [-0.39, 0.29) is 6.42 Å². The van der Waals surface area contributed by atoms with Crippen molar-refractivity contribution in [3.05, 3.63) is 47.7 Å². The predicted octanol–water partition coefficient (Wildman–Crippen LogP) is 3.20. The zero-order valence-electron chi connectivity index (χ0n) is 10.2. The van der Waals surface area contributed by atoms with E-state index in [0.717, 1.165) is 5.56 Å². The van der Waals surface area contributed by atoms with Crippen LogP contribution in [0, 0.1) is 5.92 Å². The second-order valence-corrected chi connectivity index (χ2v) is 4.62. The Morgan fingerprint density at radius 3 is 2.47 bits per heavy atom. The standard InChI is InChI=1S/C14H14F3NO/c15-14(16,17)11-6-12(8-13(19)7-11)18-9-10-4-2-1-3-5-10/h1-5,8,11,18H,6-7,9H2. The van der Waals surface area contributed by atoms with E-state index >= 15 is 0 Å². The van der Waals surface area contributed by atoms with Gasteiger partial charge in [0.25, 0.3) is 0 Å². The summed E-state index contributed by atoms with van der Waals surface area (Å²) in [5.74, 6) is -2.03. The molecule has 0 aromatic heterocycles. The number of rotatable bonds is 3. The highest BCUT2D eigenvalue weighted by molar-refractivity contribution is 5.91. The molecule has 1 aliphatic rings. The fourth-order valence-electron chi connectivity index (χ4n) is 2.06. The molecule has 1 aromatic rings. The highest BCUT2D eigenvalue weighted by atomic mass is 19.4. The molecule has 0 saturated heterocycles. The lowest BCUT2D eigenvalue weighted by atomic mass is 9.90. The number of halogens is 3. The number of ketones is 1. The minimum absolute atomic E-state index is 0.151. The lowest BCUT2D eigenvalue weighted by molar-refractivity contribution is -0.178. The Labute approximate surface area is 109 Å². The van der Waals surface area contributed by atoms with Crippen molar-refractivity contribution in [2.75, 3.05) is 0 Å². The van der Waals surface area contributed by atoms with E-state index in [0.29, 0.717) is 12.2 Å². The third-order valence-electron chi connectivity index (χ3n) is 3.07. The first-order valence-corrected chi connectivity index (χ1v) is 6.03. The largest absolute Gasteiger partial charge is 0.392 e. The van der Waals surface area contributed by atoms with Crippen molar-refractivity contribution in [1.82, 2.24) is 5.32 Å². The molecule has 1 atom stereocenters. The van der Waals surface area contributed by atoms with Gasteiger partial charge in [0.2, 0.25) is 0 Å². The molecule has 1 N–H and O–H groups in total. The Hall–Kier alpha value is -1.78. The second kappa shape index (κ2) is 5.47. The number of carbonyl (C=O) groups is 1. The number of hydrogen-bond acceptors (Lipinski definition) is 2. The zero-order chi connectivity index (χ0) is 13.9. The van der Waals surface area contributed by atoms with Gasteiger partial charge < -0.3 is 5.32 Å². The first-order chi connectivity index (χ1) is 8.95. The third kappa shape index (κ3) is 3.84. The van der Waals surface area contributed by atoms with E-state index in [9.17, 15) is 18.0 Å². The molecule has 2 rings (SSSR count). The van der Waals surface area contributed by atoms with Gasteiger partial charge in [0, 0.05) is 24.7 Å². The number of hydrogen-bond donors (Lipinski definition) is 1. The molecule has 0 heterocycles. The van der Waals surface area contributed by atoms with Crippen LogP contribution >= 0.6 is 0 Å². The van der Waals surface area contributed by atoms with Gasteiger partial charge in [-0.2, -0.15) is 13.2 Å². The van der Waals surface area contributed by atoms with Crippen LogP contribution < -0.4 is 5.32 Å². The molecular weight excluding hydrogens is 255 g/mol. The summed E-state index contributed by atoms with van der Waals surface area (Å²) >= 11 is 0. The predicted molar refractivity (Wildman–Crippen MR) is 65.2 cm³/mol. The summed E-state index contributed by atoms with van der Waals surface area (Å²) in [5, 5.41) is 2.91. The Morgan fingerprint density at radius 1 is 1.16 bits per heavy atom. The number of alkyl halides is 3. The van der Waals surface area contributed by atoms with Crippen molar-refractivity contribution in [2.45, 2.75) is 25.6 Å². The molecule has 0 aliphatic heterocycles. The van der Waals surface area contributed by atoms with Crippen LogP contribution in [0.25, 0.3) is 0 Å². The molecule has 102 valence electrons. The summed E-state index contributed by atoms with van der Waals surface area (Å²) in [6, 6.07) is 9.33. The van der Waals surface area contributed by atoms with Crippen molar-refractivity contribution in [3.8, 4) is 0 Å². The van der Waals surface area contributed by atoms with E-state index in [4.69, 9.17) is 0 Å². The van der Waals surface area contributed by atoms with Crippen LogP contribution in [0.1, 0.15) is 18.4 Å². The van der Waals surface area contributed by atoms with Gasteiger partial charge >= 0.3 is 6.18 Å². The number of allylic oxidation sites excluding steroid dienone is 2. The molecular formula is C14H14F3NO. The van der Waals surface area contributed by atoms with Crippen LogP contribution in [0.15, 0.2) is 42.1 Å². The van der Waals surface area contributed by atoms with Crippen molar-refractivity contribution in [3.63, 3.8) is 0 Å². The summed E-state index contributed by atoms with van der Waals surface area (Å²) in [7, 11) is 0. The monoisotopic (exact) mass is 269 g/mol. The fourth-order valence-corrected chi connectivity index (χ4v) is 2.06. The topological polar surface area (TPSA) is 29.1 Å². The quantitative estimate of drug-likeness (QED) is 0.913. The molecule has 0 spiro atoms. The first-order valence-electron chi connectivity index (χ1n) is 6.03.